The third-order valence-corrected chi connectivity index (χ3v) is 30.6. The number of aromatic nitrogens is 3. The SMILES string of the molecule is CCN(CC)CC.CN1CCc2c(n(-c3ccc(CC4(CC(=O)CS(=O)(=O)c5ccc(Cl)cc5)CC4)cc3)c3ccc(-c4ccccc4)cc23)C1=O.CN1CCc2c(n(-c3ccc(CC4(CC(=O)OC(C)(C)C)CC4)cc3)c3ccc(-c4ccccc4)cc23)C1=O.CN1CCc2c(n(-c3ccc(CC4(N)CC4)cc3)c3ccc(-c4ccccc4)cc23)C1=O.O=C([O-])C(F)(F)F.O=C=NS(=O)(=O)c1ccc(Cl)cc1. The Bertz CT molecular complexity index is 7350. The second kappa shape index (κ2) is 43.4. The quantitative estimate of drug-likeness (QED) is 0.0334. The summed E-state index contributed by atoms with van der Waals surface area (Å²) in [4.78, 5) is 92.1. The van der Waals surface area contributed by atoms with E-state index in [1.807, 2.05) is 94.2 Å². The van der Waals surface area contributed by atoms with Gasteiger partial charge in [0.2, 0.25) is 0 Å². The normalized spacial score (nSPS) is 15.2. The maximum Gasteiger partial charge on any atom is 0.430 e. The highest BCUT2D eigenvalue weighted by molar-refractivity contribution is 7.92. The number of isocyanates is 1. The number of sulfonamides is 1. The molecule has 0 spiro atoms. The maximum atomic E-state index is 13.5. The summed E-state index contributed by atoms with van der Waals surface area (Å²) < 4.78 is 93.9. The van der Waals surface area contributed by atoms with E-state index in [2.05, 4.69) is 220 Å². The molecule has 3 aliphatic heterocycles. The van der Waals surface area contributed by atoms with Crippen molar-refractivity contribution in [3.05, 3.63) is 327 Å². The molecule has 143 heavy (non-hydrogen) atoms. The molecule has 3 aromatic heterocycles. The van der Waals surface area contributed by atoms with Crippen LogP contribution >= 0.6 is 23.2 Å². The summed E-state index contributed by atoms with van der Waals surface area (Å²) in [7, 11) is -1.98. The Morgan fingerprint density at radius 3 is 1.07 bits per heavy atom. The number of carbonyl (C=O) groups excluding carboxylic acids is 7. The number of nitrogens with zero attached hydrogens (tertiary/aromatic N) is 8. The molecular weight excluding hydrogens is 1900 g/mol. The molecule has 3 aliphatic carbocycles. The fourth-order valence-electron chi connectivity index (χ4n) is 19.0. The fraction of sp³-hybridized carbons (Fsp3) is 0.307. The Balaban J connectivity index is 0.000000144. The van der Waals surface area contributed by atoms with Gasteiger partial charge in [0.25, 0.3) is 33.8 Å². The van der Waals surface area contributed by atoms with Crippen LogP contribution in [0.15, 0.2) is 281 Å². The number of nitrogens with two attached hydrogens (primary N) is 1. The van der Waals surface area contributed by atoms with Crippen molar-refractivity contribution < 1.29 is 73.4 Å². The van der Waals surface area contributed by atoms with Gasteiger partial charge in [0.1, 0.15) is 40.2 Å². The number of aliphatic carboxylic acids is 1. The van der Waals surface area contributed by atoms with E-state index in [4.69, 9.17) is 43.6 Å². The number of sulfone groups is 1. The summed E-state index contributed by atoms with van der Waals surface area (Å²) in [5, 5.41) is 13.1. The Kier molecular flexibility index (Phi) is 31.6. The van der Waals surface area contributed by atoms with Crippen LogP contribution in [0.3, 0.4) is 0 Å². The average molecular weight is 2010 g/mol. The van der Waals surface area contributed by atoms with Crippen molar-refractivity contribution in [2.24, 2.45) is 21.0 Å². The van der Waals surface area contributed by atoms with Gasteiger partial charge in [-0.3, -0.25) is 24.0 Å². The molecule has 0 saturated heterocycles. The third kappa shape index (κ3) is 24.8. The highest BCUT2D eigenvalue weighted by Gasteiger charge is 2.47. The Labute approximate surface area is 841 Å². The number of alkyl halides is 3. The number of fused-ring (bicyclic) bond motifs is 9. The van der Waals surface area contributed by atoms with Gasteiger partial charge in [0.15, 0.2) is 9.84 Å². The number of carbonyl (C=O) groups is 6. The van der Waals surface area contributed by atoms with Crippen LogP contribution < -0.4 is 10.8 Å². The van der Waals surface area contributed by atoms with Crippen molar-refractivity contribution in [2.75, 3.05) is 66.2 Å². The second-order valence-electron chi connectivity index (χ2n) is 38.8. The van der Waals surface area contributed by atoms with Gasteiger partial charge in [-0.25, -0.2) is 13.2 Å². The summed E-state index contributed by atoms with van der Waals surface area (Å²) in [6.07, 6.45) is 7.55. The molecule has 14 aromatic rings. The van der Waals surface area contributed by atoms with E-state index >= 15 is 0 Å². The molecule has 22 nitrogen and oxygen atoms in total. The van der Waals surface area contributed by atoms with Crippen LogP contribution in [-0.4, -0.2) is 175 Å². The minimum atomic E-state index is -5.19. The number of ketones is 1. The average Bonchev–Trinajstić information content (AvgIpc) is 1.58. The zero-order valence-corrected chi connectivity index (χ0v) is 84.6. The molecule has 3 saturated carbocycles. The van der Waals surface area contributed by atoms with E-state index in [1.165, 1.54) is 101 Å². The molecular formula is C114H115Cl2F3N9O13S2-. The first-order valence-corrected chi connectivity index (χ1v) is 51.8. The van der Waals surface area contributed by atoms with Gasteiger partial charge in [-0.1, -0.05) is 194 Å². The first-order valence-electron chi connectivity index (χ1n) is 48.0. The van der Waals surface area contributed by atoms with Crippen molar-refractivity contribution in [2.45, 2.75) is 159 Å². The smallest absolute Gasteiger partial charge is 0.430 e. The van der Waals surface area contributed by atoms with Gasteiger partial charge in [-0.15, -0.1) is 0 Å². The van der Waals surface area contributed by atoms with E-state index in [0.29, 0.717) is 35.1 Å². The van der Waals surface area contributed by atoms with E-state index in [-0.39, 0.29) is 62.1 Å². The molecule has 6 aliphatic rings. The van der Waals surface area contributed by atoms with E-state index < -0.39 is 43.4 Å². The highest BCUT2D eigenvalue weighted by Crippen LogP contribution is 2.54. The van der Waals surface area contributed by atoms with Crippen LogP contribution in [0.1, 0.15) is 158 Å². The van der Waals surface area contributed by atoms with Crippen molar-refractivity contribution in [3.63, 3.8) is 0 Å². The lowest BCUT2D eigenvalue weighted by Gasteiger charge is -2.24. The third-order valence-electron chi connectivity index (χ3n) is 27.3. The van der Waals surface area contributed by atoms with E-state index in [0.717, 1.165) is 185 Å². The van der Waals surface area contributed by atoms with Crippen LogP contribution in [0, 0.1) is 10.8 Å². The molecule has 3 amide bonds. The number of esters is 1. The molecule has 11 aromatic carbocycles. The topological polar surface area (TPSA) is 286 Å². The first kappa shape index (κ1) is 104. The number of benzene rings is 11. The van der Waals surface area contributed by atoms with Gasteiger partial charge in [-0.05, 0) is 316 Å². The number of hydrogen-bond donors (Lipinski definition) is 1. The number of amides is 3. The zero-order valence-electron chi connectivity index (χ0n) is 81.4. The summed E-state index contributed by atoms with van der Waals surface area (Å²) in [6, 6.07) is 87.2. The Hall–Kier alpha value is -13.4. The van der Waals surface area contributed by atoms with Crippen LogP contribution in [-0.2, 0) is 82.3 Å². The van der Waals surface area contributed by atoms with Gasteiger partial charge in [0.05, 0.1) is 32.8 Å². The molecule has 3 fully saturated rings. The lowest BCUT2D eigenvalue weighted by Crippen LogP contribution is -2.37. The van der Waals surface area contributed by atoms with Gasteiger partial charge in [-0.2, -0.15) is 21.6 Å². The zero-order chi connectivity index (χ0) is 102. The van der Waals surface area contributed by atoms with Crippen LogP contribution in [0.25, 0.3) is 83.2 Å². The molecule has 0 radical (unpaired) electrons. The van der Waals surface area contributed by atoms with Crippen molar-refractivity contribution in [1.29, 1.82) is 0 Å². The number of carboxylic acid groups (broad SMARTS) is 1. The molecule has 742 valence electrons. The predicted molar refractivity (Wildman–Crippen MR) is 554 cm³/mol. The lowest BCUT2D eigenvalue weighted by atomic mass is 9.91. The van der Waals surface area contributed by atoms with E-state index in [1.54, 1.807) is 4.90 Å². The second-order valence-corrected chi connectivity index (χ2v) is 43.3. The molecule has 20 rings (SSSR count). The molecule has 2 N–H and O–H groups in total. The predicted octanol–water partition coefficient (Wildman–Crippen LogP) is 21.3. The van der Waals surface area contributed by atoms with Gasteiger partial charge in [0, 0.05) is 96.0 Å². The molecule has 29 heteroatoms. The lowest BCUT2D eigenvalue weighted by molar-refractivity contribution is -0.344. The van der Waals surface area contributed by atoms with Crippen molar-refractivity contribution in [1.82, 2.24) is 33.3 Å². The van der Waals surface area contributed by atoms with Crippen LogP contribution in [0.4, 0.5) is 13.2 Å². The van der Waals surface area contributed by atoms with Crippen LogP contribution in [0.2, 0.25) is 10.0 Å². The van der Waals surface area contributed by atoms with Gasteiger partial charge < -0.3 is 53.7 Å². The molecule has 0 atom stereocenters. The standard InChI is InChI=1S/C37H33ClN2O4S.C34H36N2O3.C28H27N3O.C7H4ClNO3S.C6H15N.C2HF3O2/c1-39-20-17-32-33-21-27(26-5-3-2-4-6-26)9-16-34(33)40(35(32)36(39)42)29-12-7-25(8-13-29)22-37(18-19-37)23-30(41)24-45(43,44)31-14-10-28(38)11-15-31;1-33(2,3)39-30(37)22-34(17-18-34)21-23-10-13-26(14-11-23)36-29-15-12-25(24-8-6-5-7-9-24)20-28(29)27-16-19-35(4)32(38)31(27)36;1-30-16-13-23-24-17-21(20-5-3-2-4-6-20)9-12-25(24)31(26(23)27(30)32)22-10-7-19(8-11-22)18-28(29)14-15-28;8-6-1-3-7(4-2-6)13(11,12)9-5-10;1-4-7(5-2)6-3;3-2(4,5)1(6)7/h2-16,21H,17-20,22-24H2,1H3;5-15,20H,16-19,21-22H2,1-4H3;2-12,17H,13-16,18,29H2,1H3;1-4H;4-6H2,1-3H3;(H,6,7)/p-1. The number of hydrogen-bond acceptors (Lipinski definition) is 15. The minimum absolute atomic E-state index is 0.00660. The minimum Gasteiger partial charge on any atom is -0.542 e. The number of ether oxygens (including phenoxy) is 1. The fourth-order valence-corrected chi connectivity index (χ4v) is 21.2. The largest absolute Gasteiger partial charge is 0.542 e. The molecule has 0 unspecified atom stereocenters. The highest BCUT2D eigenvalue weighted by atomic mass is 35.5. The van der Waals surface area contributed by atoms with Crippen molar-refractivity contribution in [3.8, 4) is 50.4 Å². The number of carboxylic acids is 1. The number of halogens is 5. The number of rotatable bonds is 24. The summed E-state index contributed by atoms with van der Waals surface area (Å²) >= 11 is 11.4. The Morgan fingerprint density at radius 1 is 0.455 bits per heavy atom. The van der Waals surface area contributed by atoms with Crippen molar-refractivity contribution >= 4 is 117 Å². The maximum absolute atomic E-state index is 13.5. The summed E-state index contributed by atoms with van der Waals surface area (Å²) in [5.41, 5.74) is 27.9. The summed E-state index contributed by atoms with van der Waals surface area (Å²) in [6.45, 7) is 18.0. The van der Waals surface area contributed by atoms with Gasteiger partial charge >= 0.3 is 12.1 Å². The van der Waals surface area contributed by atoms with Crippen LogP contribution in [0.5, 0.6) is 0 Å². The summed E-state index contributed by atoms with van der Waals surface area (Å²) in [5.74, 6) is -3.72. The first-order chi connectivity index (χ1) is 68.1. The van der Waals surface area contributed by atoms with E-state index in [9.17, 15) is 58.8 Å². The monoisotopic (exact) mass is 2010 g/mol. The number of Topliss-reactive ketones (excluding diaryl/α,β-unsaturated/α-hetero) is 1. The Morgan fingerprint density at radius 2 is 0.776 bits per heavy atom. The molecule has 0 bridgehead atoms. The number of likely N-dealkylation sites (N-methyl/N-ethyl adjacent to an activating group) is 3. The molecule has 6 heterocycles.